The maximum absolute atomic E-state index is 13.2. The maximum atomic E-state index is 13.2. The van der Waals surface area contributed by atoms with E-state index in [1.807, 2.05) is 6.07 Å². The molecule has 1 aliphatic rings. The van der Waals surface area contributed by atoms with Crippen LogP contribution in [0.3, 0.4) is 0 Å². The topological polar surface area (TPSA) is 38.0 Å². The van der Waals surface area contributed by atoms with E-state index in [4.69, 9.17) is 5.84 Å². The van der Waals surface area contributed by atoms with Crippen molar-refractivity contribution in [1.29, 1.82) is 0 Å². The first-order chi connectivity index (χ1) is 5.83. The van der Waals surface area contributed by atoms with Gasteiger partial charge in [-0.3, -0.25) is 11.3 Å². The van der Waals surface area contributed by atoms with Crippen molar-refractivity contribution in [2.24, 2.45) is 5.84 Å². The largest absolute Gasteiger partial charge is 0.271 e. The third-order valence-corrected chi connectivity index (χ3v) is 2.40. The van der Waals surface area contributed by atoms with E-state index in [0.717, 1.165) is 24.0 Å². The summed E-state index contributed by atoms with van der Waals surface area (Å²) in [5.41, 5.74) is 4.45. The van der Waals surface area contributed by atoms with Crippen LogP contribution in [-0.2, 0) is 6.42 Å². The lowest BCUT2D eigenvalue weighted by atomic mass is 10.1. The van der Waals surface area contributed by atoms with Crippen molar-refractivity contribution in [3.05, 3.63) is 35.1 Å². The van der Waals surface area contributed by atoms with Crippen LogP contribution in [0.15, 0.2) is 18.2 Å². The Morgan fingerprint density at radius 2 is 2.33 bits per heavy atom. The molecule has 3 heteroatoms. The molecule has 0 spiro atoms. The van der Waals surface area contributed by atoms with Crippen molar-refractivity contribution >= 4 is 0 Å². The van der Waals surface area contributed by atoms with Crippen LogP contribution < -0.4 is 11.3 Å². The lowest BCUT2D eigenvalue weighted by molar-refractivity contribution is 0.517. The summed E-state index contributed by atoms with van der Waals surface area (Å²) >= 11 is 0. The van der Waals surface area contributed by atoms with Crippen molar-refractivity contribution in [3.8, 4) is 0 Å². The van der Waals surface area contributed by atoms with Crippen molar-refractivity contribution in [2.45, 2.75) is 18.9 Å². The molecular weight excluding hydrogens is 155 g/mol. The van der Waals surface area contributed by atoms with Gasteiger partial charge in [0.2, 0.25) is 0 Å². The SMILES string of the molecule is NNC1CCc2cccc(F)c21. The van der Waals surface area contributed by atoms with E-state index in [-0.39, 0.29) is 11.9 Å². The van der Waals surface area contributed by atoms with Gasteiger partial charge in [0.05, 0.1) is 0 Å². The normalized spacial score (nSPS) is 21.0. The summed E-state index contributed by atoms with van der Waals surface area (Å²) < 4.78 is 13.2. The summed E-state index contributed by atoms with van der Waals surface area (Å²) in [5, 5.41) is 0. The molecular formula is C9H11FN2. The third kappa shape index (κ3) is 1.02. The van der Waals surface area contributed by atoms with E-state index in [2.05, 4.69) is 5.43 Å². The second-order valence-electron chi connectivity index (χ2n) is 3.07. The van der Waals surface area contributed by atoms with Crippen LogP contribution in [-0.4, -0.2) is 0 Å². The molecule has 2 nitrogen and oxygen atoms in total. The van der Waals surface area contributed by atoms with Gasteiger partial charge < -0.3 is 0 Å². The van der Waals surface area contributed by atoms with Crippen LogP contribution in [0.5, 0.6) is 0 Å². The molecule has 1 aromatic carbocycles. The van der Waals surface area contributed by atoms with E-state index in [0.29, 0.717) is 0 Å². The molecule has 0 saturated heterocycles. The van der Waals surface area contributed by atoms with Gasteiger partial charge in [-0.15, -0.1) is 0 Å². The Kier molecular flexibility index (Phi) is 1.83. The van der Waals surface area contributed by atoms with E-state index >= 15 is 0 Å². The third-order valence-electron chi connectivity index (χ3n) is 2.40. The quantitative estimate of drug-likeness (QED) is 0.487. The fourth-order valence-electron chi connectivity index (χ4n) is 1.80. The van der Waals surface area contributed by atoms with E-state index in [9.17, 15) is 4.39 Å². The molecule has 1 unspecified atom stereocenters. The number of hydrogen-bond donors (Lipinski definition) is 2. The number of hydrazine groups is 1. The zero-order valence-electron chi connectivity index (χ0n) is 6.68. The smallest absolute Gasteiger partial charge is 0.128 e. The van der Waals surface area contributed by atoms with Crippen LogP contribution in [0, 0.1) is 5.82 Å². The minimum atomic E-state index is -0.145. The first kappa shape index (κ1) is 7.71. The summed E-state index contributed by atoms with van der Waals surface area (Å²) in [5.74, 6) is 5.16. The lowest BCUT2D eigenvalue weighted by Gasteiger charge is -2.09. The van der Waals surface area contributed by atoms with Gasteiger partial charge in [0.25, 0.3) is 0 Å². The monoisotopic (exact) mass is 166 g/mol. The Hall–Kier alpha value is -0.930. The maximum Gasteiger partial charge on any atom is 0.128 e. The molecule has 0 heterocycles. The highest BCUT2D eigenvalue weighted by Gasteiger charge is 2.23. The molecule has 1 aliphatic carbocycles. The zero-order valence-corrected chi connectivity index (χ0v) is 6.68. The minimum Gasteiger partial charge on any atom is -0.271 e. The van der Waals surface area contributed by atoms with Gasteiger partial charge >= 0.3 is 0 Å². The molecule has 0 amide bonds. The average Bonchev–Trinajstić information content (AvgIpc) is 2.49. The molecule has 0 bridgehead atoms. The van der Waals surface area contributed by atoms with Gasteiger partial charge in [-0.05, 0) is 24.5 Å². The molecule has 0 fully saturated rings. The molecule has 2 rings (SSSR count). The Labute approximate surface area is 70.5 Å². The second kappa shape index (κ2) is 2.84. The van der Waals surface area contributed by atoms with Crippen LogP contribution in [0.25, 0.3) is 0 Å². The van der Waals surface area contributed by atoms with E-state index in [1.54, 1.807) is 6.07 Å². The molecule has 12 heavy (non-hydrogen) atoms. The predicted octanol–water partition coefficient (Wildman–Crippen LogP) is 1.28. The van der Waals surface area contributed by atoms with E-state index in [1.165, 1.54) is 6.07 Å². The summed E-state index contributed by atoms with van der Waals surface area (Å²) in [6.07, 6.45) is 1.81. The van der Waals surface area contributed by atoms with Gasteiger partial charge in [-0.1, -0.05) is 12.1 Å². The highest BCUT2D eigenvalue weighted by Crippen LogP contribution is 2.32. The predicted molar refractivity (Wildman–Crippen MR) is 44.8 cm³/mol. The van der Waals surface area contributed by atoms with Gasteiger partial charge in [0, 0.05) is 11.6 Å². The van der Waals surface area contributed by atoms with Crippen molar-refractivity contribution < 1.29 is 4.39 Å². The van der Waals surface area contributed by atoms with E-state index < -0.39 is 0 Å². The van der Waals surface area contributed by atoms with Gasteiger partial charge in [0.1, 0.15) is 5.82 Å². The van der Waals surface area contributed by atoms with Gasteiger partial charge in [-0.25, -0.2) is 4.39 Å². The summed E-state index contributed by atoms with van der Waals surface area (Å²) in [4.78, 5) is 0. The van der Waals surface area contributed by atoms with Crippen molar-refractivity contribution in [1.82, 2.24) is 5.43 Å². The fourth-order valence-corrected chi connectivity index (χ4v) is 1.80. The van der Waals surface area contributed by atoms with Crippen LogP contribution in [0.4, 0.5) is 4.39 Å². The number of rotatable bonds is 1. The molecule has 64 valence electrons. The Morgan fingerprint density at radius 3 is 3.08 bits per heavy atom. The standard InChI is InChI=1S/C9H11FN2/c10-7-3-1-2-6-4-5-8(12-11)9(6)7/h1-3,8,12H,4-5,11H2. The molecule has 0 aromatic heterocycles. The summed E-state index contributed by atoms with van der Waals surface area (Å²) in [6, 6.07) is 5.18. The molecule has 0 aliphatic heterocycles. The number of nitrogens with one attached hydrogen (secondary N) is 1. The minimum absolute atomic E-state index is 0.00111. The number of benzene rings is 1. The highest BCUT2D eigenvalue weighted by molar-refractivity contribution is 5.35. The van der Waals surface area contributed by atoms with Gasteiger partial charge in [0.15, 0.2) is 0 Å². The molecule has 0 radical (unpaired) electrons. The summed E-state index contributed by atoms with van der Waals surface area (Å²) in [7, 11) is 0. The molecule has 3 N–H and O–H groups in total. The lowest BCUT2D eigenvalue weighted by Crippen LogP contribution is -2.26. The number of nitrogens with two attached hydrogens (primary N) is 1. The average molecular weight is 166 g/mol. The Bertz CT molecular complexity index is 299. The molecule has 1 aromatic rings. The number of fused-ring (bicyclic) bond motifs is 1. The first-order valence-electron chi connectivity index (χ1n) is 4.06. The number of hydrogen-bond acceptors (Lipinski definition) is 2. The highest BCUT2D eigenvalue weighted by atomic mass is 19.1. The summed E-state index contributed by atoms with van der Waals surface area (Å²) in [6.45, 7) is 0. The van der Waals surface area contributed by atoms with Crippen molar-refractivity contribution in [3.63, 3.8) is 0 Å². The number of halogens is 1. The fraction of sp³-hybridized carbons (Fsp3) is 0.333. The van der Waals surface area contributed by atoms with Crippen LogP contribution >= 0.6 is 0 Å². The van der Waals surface area contributed by atoms with Crippen LogP contribution in [0.2, 0.25) is 0 Å². The van der Waals surface area contributed by atoms with Crippen LogP contribution in [0.1, 0.15) is 23.6 Å². The molecule has 1 atom stereocenters. The van der Waals surface area contributed by atoms with Gasteiger partial charge in [-0.2, -0.15) is 0 Å². The number of aryl methyl sites for hydroxylation is 1. The first-order valence-corrected chi connectivity index (χ1v) is 4.06. The zero-order chi connectivity index (χ0) is 8.55. The molecule has 0 saturated carbocycles. The van der Waals surface area contributed by atoms with Crippen molar-refractivity contribution in [2.75, 3.05) is 0 Å². The Morgan fingerprint density at radius 1 is 1.50 bits per heavy atom. The second-order valence-corrected chi connectivity index (χ2v) is 3.07. The Balaban J connectivity index is 2.48.